The Morgan fingerprint density at radius 3 is 1.55 bits per heavy atom. The molecule has 2 aliphatic heterocycles. The van der Waals surface area contributed by atoms with Gasteiger partial charge in [-0.1, -0.05) is 96.8 Å². The van der Waals surface area contributed by atoms with Crippen molar-refractivity contribution in [2.75, 3.05) is 19.8 Å². The molecule has 0 spiro atoms. The van der Waals surface area contributed by atoms with Crippen LogP contribution < -0.4 is 5.32 Å². The van der Waals surface area contributed by atoms with E-state index >= 15 is 0 Å². The van der Waals surface area contributed by atoms with Gasteiger partial charge in [-0.3, -0.25) is 23.9 Å². The molecular weight excluding hydrogens is 706 g/mol. The molecule has 1 amide bonds. The monoisotopic (exact) mass is 784 g/mol. The van der Waals surface area contributed by atoms with Crippen LogP contribution in [0.25, 0.3) is 0 Å². The van der Waals surface area contributed by atoms with Crippen molar-refractivity contribution >= 4 is 23.8 Å². The van der Waals surface area contributed by atoms with E-state index in [1.54, 1.807) is 69.2 Å². The number of carbonyl (C=O) groups is 4. The van der Waals surface area contributed by atoms with Gasteiger partial charge in [-0.2, -0.15) is 0 Å². The molecule has 12 heteroatoms. The second-order valence-corrected chi connectivity index (χ2v) is 18.6. The van der Waals surface area contributed by atoms with E-state index < -0.39 is 70.8 Å². The fourth-order valence-corrected chi connectivity index (χ4v) is 6.21. The van der Waals surface area contributed by atoms with E-state index in [1.807, 2.05) is 0 Å². The van der Waals surface area contributed by atoms with Gasteiger partial charge in [0.25, 0.3) is 5.97 Å². The number of carbonyl (C=O) groups excluding carboxylic acids is 4. The molecule has 2 aliphatic rings. The standard InChI is InChI=1S/C43H77NO11/c1-12-13-14-15-16-17-18-19-20-21-22-23-24-25-26-27-32(45)44-28-29-50-43(11)54-35-34(53-39(48)42(8,9)10)33(52-38(47)41(5,6)7)31(51-36(35)55-43)30-49-37(46)40(2,3)4/h31,33-36H,12-30H2,1-11H3,(H,44,45)/t31-,33+,34+,35-,36-,43?/m1/s1. The summed E-state index contributed by atoms with van der Waals surface area (Å²) >= 11 is 0. The minimum Gasteiger partial charge on any atom is -0.462 e. The Hall–Kier alpha value is -2.28. The first kappa shape index (κ1) is 48.9. The van der Waals surface area contributed by atoms with Crippen molar-refractivity contribution in [3.63, 3.8) is 0 Å². The predicted octanol–water partition coefficient (Wildman–Crippen LogP) is 8.70. The second-order valence-electron chi connectivity index (χ2n) is 18.6. The fourth-order valence-electron chi connectivity index (χ4n) is 6.21. The first-order chi connectivity index (χ1) is 25.7. The summed E-state index contributed by atoms with van der Waals surface area (Å²) in [6, 6.07) is 0. The summed E-state index contributed by atoms with van der Waals surface area (Å²) in [5.41, 5.74) is -2.60. The lowest BCUT2D eigenvalue weighted by molar-refractivity contribution is -0.343. The number of ether oxygens (including phenoxy) is 7. The maximum absolute atomic E-state index is 13.3. The third-order valence-corrected chi connectivity index (χ3v) is 9.77. The smallest absolute Gasteiger partial charge is 0.311 e. The lowest BCUT2D eigenvalue weighted by atomic mass is 9.94. The highest BCUT2D eigenvalue weighted by Crippen LogP contribution is 2.41. The normalized spacial score (nSPS) is 24.2. The van der Waals surface area contributed by atoms with Crippen LogP contribution in [-0.2, 0) is 52.3 Å². The maximum atomic E-state index is 13.3. The number of amides is 1. The third kappa shape index (κ3) is 18.2. The quantitative estimate of drug-likeness (QED) is 0.0570. The number of hydrogen-bond donors (Lipinski definition) is 1. The van der Waals surface area contributed by atoms with Crippen LogP contribution in [0.5, 0.6) is 0 Å². The lowest BCUT2D eigenvalue weighted by Crippen LogP contribution is -2.61. The second kappa shape index (κ2) is 23.2. The third-order valence-electron chi connectivity index (χ3n) is 9.77. The lowest BCUT2D eigenvalue weighted by Gasteiger charge is -2.42. The van der Waals surface area contributed by atoms with Crippen molar-refractivity contribution in [1.82, 2.24) is 5.32 Å². The molecule has 2 heterocycles. The summed E-state index contributed by atoms with van der Waals surface area (Å²) < 4.78 is 42.0. The van der Waals surface area contributed by atoms with Crippen LogP contribution in [0.1, 0.15) is 179 Å². The van der Waals surface area contributed by atoms with E-state index in [9.17, 15) is 19.2 Å². The Labute approximate surface area is 332 Å². The average Bonchev–Trinajstić information content (AvgIpc) is 3.42. The van der Waals surface area contributed by atoms with Crippen molar-refractivity contribution < 1.29 is 52.3 Å². The van der Waals surface area contributed by atoms with E-state index in [0.717, 1.165) is 19.3 Å². The fraction of sp³-hybridized carbons (Fsp3) is 0.907. The van der Waals surface area contributed by atoms with Crippen LogP contribution in [0.3, 0.4) is 0 Å². The zero-order valence-corrected chi connectivity index (χ0v) is 36.3. The molecule has 320 valence electrons. The number of rotatable bonds is 24. The Morgan fingerprint density at radius 1 is 0.618 bits per heavy atom. The largest absolute Gasteiger partial charge is 0.462 e. The van der Waals surface area contributed by atoms with E-state index in [0.29, 0.717) is 6.42 Å². The molecule has 0 bridgehead atoms. The van der Waals surface area contributed by atoms with Gasteiger partial charge in [-0.25, -0.2) is 0 Å². The molecule has 0 radical (unpaired) electrons. The van der Waals surface area contributed by atoms with Crippen LogP contribution in [0, 0.1) is 16.2 Å². The van der Waals surface area contributed by atoms with Gasteiger partial charge in [0.05, 0.1) is 22.9 Å². The molecule has 6 atom stereocenters. The van der Waals surface area contributed by atoms with Crippen molar-refractivity contribution in [2.24, 2.45) is 16.2 Å². The maximum Gasteiger partial charge on any atom is 0.311 e. The summed E-state index contributed by atoms with van der Waals surface area (Å²) in [5, 5.41) is 2.90. The van der Waals surface area contributed by atoms with Crippen LogP contribution in [0.2, 0.25) is 0 Å². The van der Waals surface area contributed by atoms with Crippen LogP contribution >= 0.6 is 0 Å². The summed E-state index contributed by atoms with van der Waals surface area (Å²) in [4.78, 5) is 51.7. The van der Waals surface area contributed by atoms with E-state index in [1.165, 1.54) is 77.0 Å². The molecule has 1 unspecified atom stereocenters. The molecule has 0 saturated carbocycles. The topological polar surface area (TPSA) is 145 Å². The molecule has 0 aromatic rings. The van der Waals surface area contributed by atoms with Gasteiger partial charge in [0.2, 0.25) is 5.91 Å². The van der Waals surface area contributed by atoms with Gasteiger partial charge in [0, 0.05) is 19.9 Å². The number of unbranched alkanes of at least 4 members (excludes halogenated alkanes) is 14. The number of fused-ring (bicyclic) bond motifs is 1. The summed E-state index contributed by atoms with van der Waals surface area (Å²) in [6.45, 7) is 19.2. The first-order valence-electron chi connectivity index (χ1n) is 21.2. The van der Waals surface area contributed by atoms with Gasteiger partial charge in [-0.15, -0.1) is 0 Å². The van der Waals surface area contributed by atoms with E-state index in [2.05, 4.69) is 12.2 Å². The number of nitrogens with one attached hydrogen (secondary N) is 1. The highest BCUT2D eigenvalue weighted by atomic mass is 16.9. The minimum atomic E-state index is -1.64. The van der Waals surface area contributed by atoms with Crippen molar-refractivity contribution in [1.29, 1.82) is 0 Å². The zero-order valence-electron chi connectivity index (χ0n) is 36.3. The van der Waals surface area contributed by atoms with Crippen molar-refractivity contribution in [3.05, 3.63) is 0 Å². The van der Waals surface area contributed by atoms with Gasteiger partial charge in [0.15, 0.2) is 24.6 Å². The predicted molar refractivity (Wildman–Crippen MR) is 211 cm³/mol. The molecule has 55 heavy (non-hydrogen) atoms. The van der Waals surface area contributed by atoms with Crippen LogP contribution in [0.15, 0.2) is 0 Å². The summed E-state index contributed by atoms with van der Waals surface area (Å²) in [5.74, 6) is -3.30. The van der Waals surface area contributed by atoms with Gasteiger partial charge in [0.1, 0.15) is 12.7 Å². The van der Waals surface area contributed by atoms with Gasteiger partial charge in [-0.05, 0) is 68.7 Å². The number of esters is 3. The Balaban J connectivity index is 1.87. The average molecular weight is 784 g/mol. The molecular formula is C43H77NO11. The van der Waals surface area contributed by atoms with E-state index in [4.69, 9.17) is 33.2 Å². The van der Waals surface area contributed by atoms with Crippen LogP contribution in [-0.4, -0.2) is 80.3 Å². The minimum absolute atomic E-state index is 0.0426. The molecule has 2 fully saturated rings. The van der Waals surface area contributed by atoms with Gasteiger partial charge < -0.3 is 33.7 Å². The highest BCUT2D eigenvalue weighted by Gasteiger charge is 2.60. The molecule has 2 rings (SSSR count). The highest BCUT2D eigenvalue weighted by molar-refractivity contribution is 5.77. The number of hydrogen-bond acceptors (Lipinski definition) is 11. The Morgan fingerprint density at radius 2 is 1.07 bits per heavy atom. The zero-order chi connectivity index (χ0) is 41.3. The molecule has 0 aromatic carbocycles. The van der Waals surface area contributed by atoms with Crippen molar-refractivity contribution in [2.45, 2.75) is 216 Å². The van der Waals surface area contributed by atoms with Gasteiger partial charge >= 0.3 is 17.9 Å². The molecule has 1 N–H and O–H groups in total. The Kier molecular flexibility index (Phi) is 20.6. The summed E-state index contributed by atoms with van der Waals surface area (Å²) in [6.07, 6.45) is 13.9. The summed E-state index contributed by atoms with van der Waals surface area (Å²) in [7, 11) is 0. The molecule has 0 aliphatic carbocycles. The molecule has 0 aromatic heterocycles. The van der Waals surface area contributed by atoms with Crippen molar-refractivity contribution in [3.8, 4) is 0 Å². The SMILES string of the molecule is CCCCCCCCCCCCCCCCCC(=O)NCCOC1(C)O[C@H]2O[C@H](COC(=O)C(C)(C)C)[C@H](OC(=O)C(C)(C)C)[C@H](OC(=O)C(C)(C)C)[C@H]2O1. The Bertz CT molecular complexity index is 1170. The first-order valence-corrected chi connectivity index (χ1v) is 21.2. The molecule has 12 nitrogen and oxygen atoms in total. The van der Waals surface area contributed by atoms with E-state index in [-0.39, 0.29) is 25.7 Å². The molecule has 2 saturated heterocycles. The van der Waals surface area contributed by atoms with Crippen LogP contribution in [0.4, 0.5) is 0 Å².